The maximum Gasteiger partial charge on any atom is 0.325 e. The SMILES string of the molecule is O=P(O)(O)CCCNCc1ccc(-c2noc(CCCCCc3ccccc3)n2)c2cccnc12. The number of hydrogen-bond acceptors (Lipinski definition) is 6. The first-order chi connectivity index (χ1) is 17.0. The van der Waals surface area contributed by atoms with E-state index in [0.29, 0.717) is 31.2 Å². The molecule has 0 amide bonds. The Labute approximate surface area is 205 Å². The van der Waals surface area contributed by atoms with Crippen molar-refractivity contribution in [2.75, 3.05) is 12.7 Å². The van der Waals surface area contributed by atoms with E-state index in [-0.39, 0.29) is 6.16 Å². The zero-order valence-corrected chi connectivity index (χ0v) is 20.5. The predicted octanol–water partition coefficient (Wildman–Crippen LogP) is 4.90. The highest BCUT2D eigenvalue weighted by Gasteiger charge is 2.15. The van der Waals surface area contributed by atoms with E-state index in [2.05, 4.69) is 44.7 Å². The lowest BCUT2D eigenvalue weighted by molar-refractivity contribution is 0.371. The van der Waals surface area contributed by atoms with E-state index in [0.717, 1.165) is 54.1 Å². The molecular weight excluding hydrogens is 463 g/mol. The van der Waals surface area contributed by atoms with Crippen LogP contribution in [-0.2, 0) is 24.0 Å². The lowest BCUT2D eigenvalue weighted by Gasteiger charge is -2.10. The van der Waals surface area contributed by atoms with Crippen molar-refractivity contribution in [3.05, 3.63) is 77.8 Å². The molecule has 35 heavy (non-hydrogen) atoms. The van der Waals surface area contributed by atoms with Crippen molar-refractivity contribution < 1.29 is 18.9 Å². The van der Waals surface area contributed by atoms with Crippen molar-refractivity contribution in [1.82, 2.24) is 20.4 Å². The zero-order valence-electron chi connectivity index (χ0n) is 19.6. The van der Waals surface area contributed by atoms with Gasteiger partial charge in [-0.3, -0.25) is 9.55 Å². The summed E-state index contributed by atoms with van der Waals surface area (Å²) in [7, 11) is -3.95. The maximum absolute atomic E-state index is 11.0. The molecule has 8 nitrogen and oxygen atoms in total. The Bertz CT molecular complexity index is 1270. The number of aromatic nitrogens is 3. The average Bonchev–Trinajstić information content (AvgIpc) is 3.32. The molecule has 0 unspecified atom stereocenters. The smallest absolute Gasteiger partial charge is 0.325 e. The van der Waals surface area contributed by atoms with Gasteiger partial charge >= 0.3 is 7.60 Å². The van der Waals surface area contributed by atoms with Gasteiger partial charge in [0, 0.05) is 30.1 Å². The van der Waals surface area contributed by atoms with Crippen LogP contribution in [0.4, 0.5) is 0 Å². The second-order valence-corrected chi connectivity index (χ2v) is 10.4. The quantitative estimate of drug-likeness (QED) is 0.177. The molecule has 9 heteroatoms. The summed E-state index contributed by atoms with van der Waals surface area (Å²) in [6, 6.07) is 18.4. The van der Waals surface area contributed by atoms with Gasteiger partial charge in [-0.2, -0.15) is 4.98 Å². The highest BCUT2D eigenvalue weighted by molar-refractivity contribution is 7.51. The van der Waals surface area contributed by atoms with Crippen LogP contribution in [0.2, 0.25) is 0 Å². The summed E-state index contributed by atoms with van der Waals surface area (Å²) < 4.78 is 16.5. The van der Waals surface area contributed by atoms with Gasteiger partial charge in [0.1, 0.15) is 0 Å². The number of rotatable bonds is 13. The number of pyridine rings is 1. The lowest BCUT2D eigenvalue weighted by Crippen LogP contribution is -2.16. The van der Waals surface area contributed by atoms with E-state index < -0.39 is 7.60 Å². The monoisotopic (exact) mass is 494 g/mol. The van der Waals surface area contributed by atoms with Crippen molar-refractivity contribution in [2.45, 2.75) is 45.1 Å². The largest absolute Gasteiger partial charge is 0.339 e. The minimum atomic E-state index is -3.95. The van der Waals surface area contributed by atoms with Gasteiger partial charge in [-0.1, -0.05) is 54.0 Å². The molecule has 0 radical (unpaired) electrons. The van der Waals surface area contributed by atoms with Crippen molar-refractivity contribution in [1.29, 1.82) is 0 Å². The summed E-state index contributed by atoms with van der Waals surface area (Å²) in [5.41, 5.74) is 4.09. The third-order valence-electron chi connectivity index (χ3n) is 5.88. The van der Waals surface area contributed by atoms with E-state index in [1.54, 1.807) is 6.20 Å². The molecule has 4 aromatic rings. The van der Waals surface area contributed by atoms with Crippen LogP contribution in [0.1, 0.15) is 42.7 Å². The van der Waals surface area contributed by atoms with Crippen LogP contribution in [0, 0.1) is 0 Å². The van der Waals surface area contributed by atoms with Crippen LogP contribution in [0.25, 0.3) is 22.3 Å². The van der Waals surface area contributed by atoms with Crippen LogP contribution >= 0.6 is 7.60 Å². The molecule has 2 aromatic heterocycles. The van der Waals surface area contributed by atoms with Crippen LogP contribution in [0.3, 0.4) is 0 Å². The predicted molar refractivity (Wildman–Crippen MR) is 136 cm³/mol. The second-order valence-electron chi connectivity index (χ2n) is 8.65. The van der Waals surface area contributed by atoms with E-state index in [1.165, 1.54) is 5.56 Å². The summed E-state index contributed by atoms with van der Waals surface area (Å²) in [5.74, 6) is 1.20. The summed E-state index contributed by atoms with van der Waals surface area (Å²) in [6.07, 6.45) is 7.13. The van der Waals surface area contributed by atoms with Gasteiger partial charge in [0.05, 0.1) is 11.7 Å². The third kappa shape index (κ3) is 7.54. The van der Waals surface area contributed by atoms with Gasteiger partial charge in [-0.15, -0.1) is 0 Å². The number of benzene rings is 2. The van der Waals surface area contributed by atoms with Gasteiger partial charge in [-0.05, 0) is 55.5 Å². The molecule has 0 saturated carbocycles. The Morgan fingerprint density at radius 2 is 1.74 bits per heavy atom. The average molecular weight is 495 g/mol. The topological polar surface area (TPSA) is 121 Å². The minimum absolute atomic E-state index is 0.120. The number of nitrogens with zero attached hydrogens (tertiary/aromatic N) is 3. The molecule has 0 aliphatic carbocycles. The molecule has 0 spiro atoms. The summed E-state index contributed by atoms with van der Waals surface area (Å²) in [6.45, 7) is 1.07. The molecule has 4 rings (SSSR count). The Morgan fingerprint density at radius 1 is 0.914 bits per heavy atom. The Hall–Kier alpha value is -2.90. The van der Waals surface area contributed by atoms with E-state index >= 15 is 0 Å². The fraction of sp³-hybridized carbons (Fsp3) is 0.346. The number of fused-ring (bicyclic) bond motifs is 1. The maximum atomic E-state index is 11.0. The highest BCUT2D eigenvalue weighted by Crippen LogP contribution is 2.34. The first-order valence-electron chi connectivity index (χ1n) is 12.0. The van der Waals surface area contributed by atoms with Crippen molar-refractivity contribution in [2.24, 2.45) is 0 Å². The molecule has 0 bridgehead atoms. The zero-order chi connectivity index (χ0) is 24.5. The second kappa shape index (κ2) is 12.2. The van der Waals surface area contributed by atoms with Gasteiger partial charge in [0.25, 0.3) is 0 Å². The number of nitrogens with one attached hydrogen (secondary N) is 1. The fourth-order valence-electron chi connectivity index (χ4n) is 4.09. The van der Waals surface area contributed by atoms with Crippen LogP contribution in [0.15, 0.2) is 65.3 Å². The molecule has 0 fully saturated rings. The standard InChI is InChI=1S/C26H31N4O4P/c31-35(32,33)18-8-16-27-19-21-14-15-23(22-12-7-17-28-25(21)22)26-29-24(34-30-26)13-6-2-5-11-20-9-3-1-4-10-20/h1,3-4,7,9-10,12,14-15,17,27H,2,5-6,8,11,13,16,18-19H2,(H2,31,32,33). The van der Waals surface area contributed by atoms with Crippen LogP contribution in [-0.4, -0.2) is 37.6 Å². The van der Waals surface area contributed by atoms with Gasteiger partial charge < -0.3 is 19.6 Å². The molecule has 0 aliphatic heterocycles. The molecule has 184 valence electrons. The van der Waals surface area contributed by atoms with Crippen molar-refractivity contribution >= 4 is 18.5 Å². The summed E-state index contributed by atoms with van der Waals surface area (Å²) >= 11 is 0. The lowest BCUT2D eigenvalue weighted by atomic mass is 10.0. The third-order valence-corrected chi connectivity index (χ3v) is 6.78. The highest BCUT2D eigenvalue weighted by atomic mass is 31.2. The Morgan fingerprint density at radius 3 is 2.57 bits per heavy atom. The van der Waals surface area contributed by atoms with Crippen LogP contribution < -0.4 is 5.32 Å². The first kappa shape index (κ1) is 25.2. The first-order valence-corrected chi connectivity index (χ1v) is 13.8. The summed E-state index contributed by atoms with van der Waals surface area (Å²) in [5, 5.41) is 8.40. The van der Waals surface area contributed by atoms with Crippen molar-refractivity contribution in [3.8, 4) is 11.4 Å². The van der Waals surface area contributed by atoms with Gasteiger partial charge in [-0.25, -0.2) is 0 Å². The molecule has 0 saturated heterocycles. The molecule has 2 aromatic carbocycles. The van der Waals surface area contributed by atoms with Gasteiger partial charge in [0.15, 0.2) is 0 Å². The minimum Gasteiger partial charge on any atom is -0.339 e. The molecule has 0 aliphatic rings. The molecule has 0 atom stereocenters. The van der Waals surface area contributed by atoms with E-state index in [9.17, 15) is 4.57 Å². The molecular formula is C26H31N4O4P. The normalized spacial score (nSPS) is 11.8. The Kier molecular flexibility index (Phi) is 8.77. The van der Waals surface area contributed by atoms with Crippen molar-refractivity contribution in [3.63, 3.8) is 0 Å². The number of hydrogen-bond donors (Lipinski definition) is 3. The fourth-order valence-corrected chi connectivity index (χ4v) is 4.66. The Balaban J connectivity index is 1.34. The number of aryl methyl sites for hydroxylation is 2. The van der Waals surface area contributed by atoms with E-state index in [1.807, 2.05) is 30.3 Å². The molecule has 2 heterocycles. The van der Waals surface area contributed by atoms with Crippen LogP contribution in [0.5, 0.6) is 0 Å². The van der Waals surface area contributed by atoms with Gasteiger partial charge in [0.2, 0.25) is 11.7 Å². The summed E-state index contributed by atoms with van der Waals surface area (Å²) in [4.78, 5) is 27.2. The van der Waals surface area contributed by atoms with E-state index in [4.69, 9.17) is 14.3 Å². The number of unbranched alkanes of at least 4 members (excludes halogenated alkanes) is 2. The molecule has 3 N–H and O–H groups in total.